The molecule has 2 aliphatic rings. The molecule has 3 rings (SSSR count). The minimum atomic E-state index is 0.0483. The molecule has 1 aromatic rings. The quantitative estimate of drug-likeness (QED) is 0.791. The monoisotopic (exact) mass is 203 g/mol. The van der Waals surface area contributed by atoms with Crippen LogP contribution in [0.15, 0.2) is 18.2 Å². The van der Waals surface area contributed by atoms with Crippen molar-refractivity contribution in [3.05, 3.63) is 29.3 Å². The molecule has 78 valence electrons. The fraction of sp³-hybridized carbons (Fsp3) is 0.417. The highest BCUT2D eigenvalue weighted by atomic mass is 16.5. The van der Waals surface area contributed by atoms with Crippen LogP contribution in [0.5, 0.6) is 5.75 Å². The Kier molecular flexibility index (Phi) is 1.91. The predicted molar refractivity (Wildman–Crippen MR) is 56.1 cm³/mol. The van der Waals surface area contributed by atoms with Gasteiger partial charge in [0.1, 0.15) is 5.75 Å². The molecule has 1 aromatic carbocycles. The summed E-state index contributed by atoms with van der Waals surface area (Å²) in [6, 6.07) is 6.09. The third-order valence-electron chi connectivity index (χ3n) is 2.86. The van der Waals surface area contributed by atoms with Crippen LogP contribution in [-0.2, 0) is 6.42 Å². The molecular formula is C12H13NO2. The molecule has 1 N–H and O–H groups in total. The number of ether oxygens (including phenoxy) is 1. The van der Waals surface area contributed by atoms with E-state index in [-0.39, 0.29) is 5.91 Å². The molecule has 1 amide bonds. The zero-order chi connectivity index (χ0) is 10.3. The summed E-state index contributed by atoms with van der Waals surface area (Å²) in [5.74, 6) is 0.977. The minimum Gasteiger partial charge on any atom is -0.493 e. The lowest BCUT2D eigenvalue weighted by Gasteiger charge is -2.04. The van der Waals surface area contributed by atoms with Crippen LogP contribution in [0.25, 0.3) is 0 Å². The SMILES string of the molecule is O=C(NC1CC1)c1ccc2c(c1)CCO2. The molecule has 1 fully saturated rings. The molecule has 0 atom stereocenters. The van der Waals surface area contributed by atoms with E-state index in [2.05, 4.69) is 5.32 Å². The number of hydrogen-bond acceptors (Lipinski definition) is 2. The van der Waals surface area contributed by atoms with E-state index in [1.54, 1.807) is 0 Å². The summed E-state index contributed by atoms with van der Waals surface area (Å²) in [5.41, 5.74) is 1.91. The molecule has 3 heteroatoms. The van der Waals surface area contributed by atoms with Crippen molar-refractivity contribution in [2.24, 2.45) is 0 Å². The third kappa shape index (κ3) is 1.69. The molecule has 0 unspecified atom stereocenters. The molecule has 0 saturated heterocycles. The first-order valence-corrected chi connectivity index (χ1v) is 5.39. The maximum absolute atomic E-state index is 11.7. The lowest BCUT2D eigenvalue weighted by Crippen LogP contribution is -2.25. The average Bonchev–Trinajstić information content (AvgIpc) is 2.94. The average molecular weight is 203 g/mol. The van der Waals surface area contributed by atoms with E-state index in [1.807, 2.05) is 18.2 Å². The molecule has 1 aliphatic heterocycles. The van der Waals surface area contributed by atoms with E-state index in [9.17, 15) is 4.79 Å². The van der Waals surface area contributed by atoms with Crippen molar-refractivity contribution in [3.63, 3.8) is 0 Å². The number of amides is 1. The normalized spacial score (nSPS) is 18.1. The van der Waals surface area contributed by atoms with E-state index < -0.39 is 0 Å². The van der Waals surface area contributed by atoms with Crippen molar-refractivity contribution in [1.29, 1.82) is 0 Å². The summed E-state index contributed by atoms with van der Waals surface area (Å²) >= 11 is 0. The fourth-order valence-electron chi connectivity index (χ4n) is 1.82. The van der Waals surface area contributed by atoms with Gasteiger partial charge in [-0.25, -0.2) is 0 Å². The molecule has 0 bridgehead atoms. The van der Waals surface area contributed by atoms with Gasteiger partial charge in [0, 0.05) is 18.0 Å². The molecule has 3 nitrogen and oxygen atoms in total. The van der Waals surface area contributed by atoms with Gasteiger partial charge < -0.3 is 10.1 Å². The molecule has 0 aromatic heterocycles. The van der Waals surface area contributed by atoms with Gasteiger partial charge in [0.05, 0.1) is 6.61 Å². The number of nitrogens with one attached hydrogen (secondary N) is 1. The van der Waals surface area contributed by atoms with Crippen LogP contribution in [0.2, 0.25) is 0 Å². The molecule has 0 radical (unpaired) electrons. The molecule has 1 aliphatic carbocycles. The van der Waals surface area contributed by atoms with Crippen LogP contribution in [0, 0.1) is 0 Å². The number of carbonyl (C=O) groups excluding carboxylic acids is 1. The Balaban J connectivity index is 1.82. The molecule has 1 saturated carbocycles. The van der Waals surface area contributed by atoms with E-state index in [4.69, 9.17) is 4.74 Å². The van der Waals surface area contributed by atoms with Crippen molar-refractivity contribution >= 4 is 5.91 Å². The third-order valence-corrected chi connectivity index (χ3v) is 2.86. The van der Waals surface area contributed by atoms with Crippen LogP contribution >= 0.6 is 0 Å². The van der Waals surface area contributed by atoms with Crippen molar-refractivity contribution < 1.29 is 9.53 Å². The van der Waals surface area contributed by atoms with Gasteiger partial charge in [-0.05, 0) is 36.6 Å². The van der Waals surface area contributed by atoms with Crippen molar-refractivity contribution in [3.8, 4) is 5.75 Å². The number of fused-ring (bicyclic) bond motifs is 1. The maximum Gasteiger partial charge on any atom is 0.251 e. The lowest BCUT2D eigenvalue weighted by atomic mass is 10.1. The second kappa shape index (κ2) is 3.26. The topological polar surface area (TPSA) is 38.3 Å². The summed E-state index contributed by atoms with van der Waals surface area (Å²) in [7, 11) is 0. The number of benzene rings is 1. The first-order valence-electron chi connectivity index (χ1n) is 5.39. The standard InChI is InChI=1S/C12H13NO2/c14-12(13-10-2-3-10)9-1-4-11-8(7-9)5-6-15-11/h1,4,7,10H,2-3,5-6H2,(H,13,14). The largest absolute Gasteiger partial charge is 0.493 e. The highest BCUT2D eigenvalue weighted by molar-refractivity contribution is 5.95. The Hall–Kier alpha value is -1.51. The Morgan fingerprint density at radius 1 is 1.40 bits per heavy atom. The number of hydrogen-bond donors (Lipinski definition) is 1. The molecule has 1 heterocycles. The molecule has 15 heavy (non-hydrogen) atoms. The summed E-state index contributed by atoms with van der Waals surface area (Å²) < 4.78 is 5.39. The zero-order valence-electron chi connectivity index (χ0n) is 8.45. The number of rotatable bonds is 2. The fourth-order valence-corrected chi connectivity index (χ4v) is 1.82. The summed E-state index contributed by atoms with van der Waals surface area (Å²) in [4.78, 5) is 11.7. The second-order valence-electron chi connectivity index (χ2n) is 4.17. The van der Waals surface area contributed by atoms with Gasteiger partial charge in [-0.1, -0.05) is 0 Å². The molecular weight excluding hydrogens is 190 g/mol. The summed E-state index contributed by atoms with van der Waals surface area (Å²) in [6.45, 7) is 0.739. The Bertz CT molecular complexity index is 410. The smallest absolute Gasteiger partial charge is 0.251 e. The van der Waals surface area contributed by atoms with Gasteiger partial charge in [-0.15, -0.1) is 0 Å². The van der Waals surface area contributed by atoms with Crippen LogP contribution < -0.4 is 10.1 Å². The number of carbonyl (C=O) groups is 1. The van der Waals surface area contributed by atoms with E-state index >= 15 is 0 Å². The van der Waals surface area contributed by atoms with E-state index in [0.717, 1.165) is 42.7 Å². The van der Waals surface area contributed by atoms with Gasteiger partial charge in [0.2, 0.25) is 0 Å². The van der Waals surface area contributed by atoms with E-state index in [0.29, 0.717) is 6.04 Å². The second-order valence-corrected chi connectivity index (χ2v) is 4.17. The predicted octanol–water partition coefficient (Wildman–Crippen LogP) is 1.51. The first-order chi connectivity index (χ1) is 7.33. The van der Waals surface area contributed by atoms with Crippen LogP contribution in [0.4, 0.5) is 0 Å². The first kappa shape index (κ1) is 8.77. The Labute approximate surface area is 88.4 Å². The summed E-state index contributed by atoms with van der Waals surface area (Å²) in [6.07, 6.45) is 3.17. The van der Waals surface area contributed by atoms with Gasteiger partial charge in [0.15, 0.2) is 0 Å². The van der Waals surface area contributed by atoms with Gasteiger partial charge in [0.25, 0.3) is 5.91 Å². The Morgan fingerprint density at radius 3 is 3.07 bits per heavy atom. The highest BCUT2D eigenvalue weighted by Crippen LogP contribution is 2.26. The van der Waals surface area contributed by atoms with Crippen molar-refractivity contribution in [2.45, 2.75) is 25.3 Å². The van der Waals surface area contributed by atoms with Gasteiger partial charge >= 0.3 is 0 Å². The Morgan fingerprint density at radius 2 is 2.27 bits per heavy atom. The van der Waals surface area contributed by atoms with Gasteiger partial charge in [-0.2, -0.15) is 0 Å². The van der Waals surface area contributed by atoms with Crippen molar-refractivity contribution in [1.82, 2.24) is 5.32 Å². The van der Waals surface area contributed by atoms with Crippen LogP contribution in [-0.4, -0.2) is 18.6 Å². The van der Waals surface area contributed by atoms with E-state index in [1.165, 1.54) is 0 Å². The lowest BCUT2D eigenvalue weighted by molar-refractivity contribution is 0.0951. The zero-order valence-corrected chi connectivity index (χ0v) is 8.45. The minimum absolute atomic E-state index is 0.0483. The van der Waals surface area contributed by atoms with Crippen LogP contribution in [0.1, 0.15) is 28.8 Å². The van der Waals surface area contributed by atoms with Crippen LogP contribution in [0.3, 0.4) is 0 Å². The summed E-state index contributed by atoms with van der Waals surface area (Å²) in [5, 5.41) is 2.98. The maximum atomic E-state index is 11.7. The van der Waals surface area contributed by atoms with Crippen molar-refractivity contribution in [2.75, 3.05) is 6.61 Å². The highest BCUT2D eigenvalue weighted by Gasteiger charge is 2.24. The molecule has 0 spiro atoms. The van der Waals surface area contributed by atoms with Gasteiger partial charge in [-0.3, -0.25) is 4.79 Å².